The monoisotopic (exact) mass is 506 g/mol. The molecule has 0 fully saturated rings. The standard InChI is InChI=1S/C27H21ClF2N4O2/c1-15-6-7-19(28)13-23(15)34-16(2)11-22(32-34)25-17(3)31-26-24(5-4-10-33(26)27(25)35)36-14-18-12-20(29)8-9-21(18)30/h4-13H,14H2,1-3H3. The summed E-state index contributed by atoms with van der Waals surface area (Å²) in [6.45, 7) is 5.36. The van der Waals surface area contributed by atoms with Gasteiger partial charge < -0.3 is 4.74 Å². The van der Waals surface area contributed by atoms with Gasteiger partial charge in [-0.05, 0) is 74.9 Å². The summed E-state index contributed by atoms with van der Waals surface area (Å²) in [5, 5.41) is 5.28. The highest BCUT2D eigenvalue weighted by Gasteiger charge is 2.19. The predicted molar refractivity (Wildman–Crippen MR) is 134 cm³/mol. The third kappa shape index (κ3) is 4.24. The highest BCUT2D eigenvalue weighted by Crippen LogP contribution is 2.26. The Morgan fingerprint density at radius 3 is 2.64 bits per heavy atom. The normalized spacial score (nSPS) is 11.3. The highest BCUT2D eigenvalue weighted by atomic mass is 35.5. The number of pyridine rings is 1. The van der Waals surface area contributed by atoms with Gasteiger partial charge in [0.25, 0.3) is 5.56 Å². The van der Waals surface area contributed by atoms with E-state index in [-0.39, 0.29) is 29.1 Å². The molecule has 0 N–H and O–H groups in total. The Kier molecular flexibility index (Phi) is 6.05. The van der Waals surface area contributed by atoms with E-state index in [0.717, 1.165) is 35.1 Å². The first-order chi connectivity index (χ1) is 17.2. The molecule has 0 aliphatic heterocycles. The minimum atomic E-state index is -0.582. The van der Waals surface area contributed by atoms with Crippen molar-refractivity contribution < 1.29 is 13.5 Å². The molecule has 5 rings (SSSR count). The van der Waals surface area contributed by atoms with Crippen molar-refractivity contribution >= 4 is 17.2 Å². The molecule has 0 aliphatic carbocycles. The molecule has 6 nitrogen and oxygen atoms in total. The van der Waals surface area contributed by atoms with Crippen LogP contribution in [0.15, 0.2) is 65.6 Å². The van der Waals surface area contributed by atoms with Crippen LogP contribution in [-0.2, 0) is 6.61 Å². The van der Waals surface area contributed by atoms with Gasteiger partial charge in [-0.1, -0.05) is 17.7 Å². The summed E-state index contributed by atoms with van der Waals surface area (Å²) in [5.41, 5.74) is 3.91. The van der Waals surface area contributed by atoms with Gasteiger partial charge in [0, 0.05) is 22.5 Å². The van der Waals surface area contributed by atoms with Crippen LogP contribution in [0.5, 0.6) is 5.75 Å². The molecular formula is C27H21ClF2N4O2. The number of rotatable bonds is 5. The number of hydrogen-bond acceptors (Lipinski definition) is 4. The van der Waals surface area contributed by atoms with Crippen LogP contribution < -0.4 is 10.3 Å². The number of hydrogen-bond donors (Lipinski definition) is 0. The second-order valence-corrected chi connectivity index (χ2v) is 8.92. The number of aryl methyl sites for hydroxylation is 3. The Morgan fingerprint density at radius 1 is 1.03 bits per heavy atom. The van der Waals surface area contributed by atoms with Crippen LogP contribution in [-0.4, -0.2) is 19.2 Å². The van der Waals surface area contributed by atoms with E-state index in [0.29, 0.717) is 22.0 Å². The molecule has 0 atom stereocenters. The zero-order chi connectivity index (χ0) is 25.6. The molecule has 2 aromatic carbocycles. The van der Waals surface area contributed by atoms with Gasteiger partial charge in [0.2, 0.25) is 0 Å². The molecule has 0 spiro atoms. The topological polar surface area (TPSA) is 61.4 Å². The summed E-state index contributed by atoms with van der Waals surface area (Å²) in [7, 11) is 0. The Balaban J connectivity index is 1.57. The molecule has 0 unspecified atom stereocenters. The molecule has 3 heterocycles. The number of halogens is 3. The van der Waals surface area contributed by atoms with Gasteiger partial charge in [0.05, 0.1) is 16.9 Å². The number of fused-ring (bicyclic) bond motifs is 1. The predicted octanol–water partition coefficient (Wildman–Crippen LogP) is 5.98. The lowest BCUT2D eigenvalue weighted by molar-refractivity contribution is 0.300. The molecule has 0 saturated heterocycles. The molecule has 3 aromatic heterocycles. The Bertz CT molecular complexity index is 1690. The summed E-state index contributed by atoms with van der Waals surface area (Å²) in [6.07, 6.45) is 1.58. The summed E-state index contributed by atoms with van der Waals surface area (Å²) in [4.78, 5) is 18.1. The summed E-state index contributed by atoms with van der Waals surface area (Å²) in [5.74, 6) is -0.879. The van der Waals surface area contributed by atoms with Crippen LogP contribution in [0.25, 0.3) is 22.6 Å². The smallest absolute Gasteiger partial charge is 0.267 e. The minimum absolute atomic E-state index is 0.0602. The molecule has 0 bridgehead atoms. The third-order valence-electron chi connectivity index (χ3n) is 5.93. The average Bonchev–Trinajstić information content (AvgIpc) is 3.22. The summed E-state index contributed by atoms with van der Waals surface area (Å²) in [6, 6.07) is 13.8. The van der Waals surface area contributed by atoms with E-state index >= 15 is 0 Å². The van der Waals surface area contributed by atoms with E-state index in [9.17, 15) is 13.6 Å². The fourth-order valence-electron chi connectivity index (χ4n) is 4.11. The van der Waals surface area contributed by atoms with E-state index < -0.39 is 11.6 Å². The van der Waals surface area contributed by atoms with Gasteiger partial charge in [0.1, 0.15) is 23.9 Å². The SMILES string of the molecule is Cc1ccc(Cl)cc1-n1nc(-c2c(C)nc3c(OCc4cc(F)ccc4F)cccn3c2=O)cc1C. The summed E-state index contributed by atoms with van der Waals surface area (Å²) >= 11 is 6.20. The lowest BCUT2D eigenvalue weighted by atomic mass is 10.1. The van der Waals surface area contributed by atoms with Crippen LogP contribution >= 0.6 is 11.6 Å². The van der Waals surface area contributed by atoms with Crippen LogP contribution in [0.3, 0.4) is 0 Å². The maximum absolute atomic E-state index is 14.0. The lowest BCUT2D eigenvalue weighted by Crippen LogP contribution is -2.19. The van der Waals surface area contributed by atoms with Gasteiger partial charge in [-0.3, -0.25) is 9.20 Å². The van der Waals surface area contributed by atoms with E-state index in [1.54, 1.807) is 29.9 Å². The van der Waals surface area contributed by atoms with Crippen molar-refractivity contribution in [2.75, 3.05) is 0 Å². The van der Waals surface area contributed by atoms with Crippen LogP contribution in [0.1, 0.15) is 22.5 Å². The first-order valence-electron chi connectivity index (χ1n) is 11.1. The van der Waals surface area contributed by atoms with Crippen LogP contribution in [0.4, 0.5) is 8.78 Å². The minimum Gasteiger partial charge on any atom is -0.485 e. The molecular weight excluding hydrogens is 486 g/mol. The van der Waals surface area contributed by atoms with Crippen molar-refractivity contribution in [2.45, 2.75) is 27.4 Å². The first-order valence-corrected chi connectivity index (χ1v) is 11.5. The van der Waals surface area contributed by atoms with Gasteiger partial charge in [0.15, 0.2) is 11.4 Å². The van der Waals surface area contributed by atoms with E-state index in [1.807, 2.05) is 38.1 Å². The van der Waals surface area contributed by atoms with Crippen molar-refractivity contribution in [2.24, 2.45) is 0 Å². The van der Waals surface area contributed by atoms with E-state index in [4.69, 9.17) is 21.4 Å². The van der Waals surface area contributed by atoms with Crippen molar-refractivity contribution in [1.82, 2.24) is 19.2 Å². The fourth-order valence-corrected chi connectivity index (χ4v) is 4.28. The molecule has 0 radical (unpaired) electrons. The molecule has 0 aliphatic rings. The fraction of sp³-hybridized carbons (Fsp3) is 0.148. The Labute approximate surface area is 210 Å². The zero-order valence-electron chi connectivity index (χ0n) is 19.7. The van der Waals surface area contributed by atoms with Crippen molar-refractivity contribution in [3.63, 3.8) is 0 Å². The first kappa shape index (κ1) is 23.7. The number of benzene rings is 2. The Morgan fingerprint density at radius 2 is 1.83 bits per heavy atom. The molecule has 0 saturated carbocycles. The second-order valence-electron chi connectivity index (χ2n) is 8.48. The largest absolute Gasteiger partial charge is 0.485 e. The highest BCUT2D eigenvalue weighted by molar-refractivity contribution is 6.30. The maximum atomic E-state index is 14.0. The Hall–Kier alpha value is -4.04. The second kappa shape index (κ2) is 9.20. The van der Waals surface area contributed by atoms with Gasteiger partial charge in [-0.2, -0.15) is 5.10 Å². The quantitative estimate of drug-likeness (QED) is 0.294. The van der Waals surface area contributed by atoms with Gasteiger partial charge >= 0.3 is 0 Å². The summed E-state index contributed by atoms with van der Waals surface area (Å²) < 4.78 is 36.4. The molecule has 5 aromatic rings. The van der Waals surface area contributed by atoms with E-state index in [2.05, 4.69) is 4.98 Å². The molecule has 36 heavy (non-hydrogen) atoms. The van der Waals surface area contributed by atoms with Gasteiger partial charge in [-0.15, -0.1) is 0 Å². The lowest BCUT2D eigenvalue weighted by Gasteiger charge is -2.12. The molecule has 182 valence electrons. The maximum Gasteiger partial charge on any atom is 0.267 e. The molecule has 0 amide bonds. The van der Waals surface area contributed by atoms with Crippen molar-refractivity contribution in [3.05, 3.63) is 110 Å². The number of aromatic nitrogens is 4. The average molecular weight is 507 g/mol. The molecule has 9 heteroatoms. The third-order valence-corrected chi connectivity index (χ3v) is 6.17. The van der Waals surface area contributed by atoms with Crippen LogP contribution in [0, 0.1) is 32.4 Å². The van der Waals surface area contributed by atoms with Gasteiger partial charge in [-0.25, -0.2) is 18.4 Å². The van der Waals surface area contributed by atoms with E-state index in [1.165, 1.54) is 4.40 Å². The zero-order valence-corrected chi connectivity index (χ0v) is 20.5. The van der Waals surface area contributed by atoms with Crippen molar-refractivity contribution in [1.29, 1.82) is 0 Å². The number of ether oxygens (including phenoxy) is 1. The van der Waals surface area contributed by atoms with Crippen molar-refractivity contribution in [3.8, 4) is 22.7 Å². The number of nitrogens with zero attached hydrogens (tertiary/aromatic N) is 4. The van der Waals surface area contributed by atoms with Crippen LogP contribution in [0.2, 0.25) is 5.02 Å².